The summed E-state index contributed by atoms with van der Waals surface area (Å²) in [4.78, 5) is 15.5. The summed E-state index contributed by atoms with van der Waals surface area (Å²) >= 11 is -1.35. The molecule has 8 rings (SSSR count). The molecule has 4 aromatic carbocycles. The van der Waals surface area contributed by atoms with Crippen molar-refractivity contribution >= 4 is 42.7 Å². The Kier molecular flexibility index (Phi) is 7.06. The molecule has 3 heteroatoms. The summed E-state index contributed by atoms with van der Waals surface area (Å²) in [6.45, 7) is 0.683. The fraction of sp³-hybridized carbons (Fsp3) is 0.250. The normalized spacial score (nSPS) is 19.7. The van der Waals surface area contributed by atoms with Crippen molar-refractivity contribution in [2.24, 2.45) is 15.9 Å². The molecule has 0 N–H and O–H groups in total. The molecular weight excluding hydrogens is 627 g/mol. The summed E-state index contributed by atoms with van der Waals surface area (Å²) in [6.07, 6.45) is 9.48. The van der Waals surface area contributed by atoms with Crippen LogP contribution in [0.2, 0.25) is 14.3 Å². The first kappa shape index (κ1) is 27.1. The monoisotopic (exact) mass is 665 g/mol. The first-order chi connectivity index (χ1) is 21.1. The van der Waals surface area contributed by atoms with Crippen molar-refractivity contribution in [2.45, 2.75) is 45.9 Å². The number of hydrogen-bond acceptors (Lipinski definition) is 2. The first-order valence-corrected chi connectivity index (χ1v) is 24.9. The third kappa shape index (κ3) is 4.88. The van der Waals surface area contributed by atoms with E-state index in [2.05, 4.69) is 107 Å². The van der Waals surface area contributed by atoms with Crippen LogP contribution in [0.5, 0.6) is 0 Å². The van der Waals surface area contributed by atoms with Gasteiger partial charge in [0.2, 0.25) is 0 Å². The van der Waals surface area contributed by atoms with Crippen LogP contribution >= 0.6 is 0 Å². The molecule has 0 saturated carbocycles. The van der Waals surface area contributed by atoms with Gasteiger partial charge in [-0.15, -0.1) is 0 Å². The quantitative estimate of drug-likeness (QED) is 0.250. The summed E-state index contributed by atoms with van der Waals surface area (Å²) < 4.78 is 1.44. The fourth-order valence-electron chi connectivity index (χ4n) is 7.79. The van der Waals surface area contributed by atoms with Crippen molar-refractivity contribution in [2.75, 3.05) is 6.54 Å². The molecule has 2 unspecified atom stereocenters. The van der Waals surface area contributed by atoms with E-state index in [0.29, 0.717) is 18.4 Å². The predicted octanol–water partition coefficient (Wildman–Crippen LogP) is 5.31. The van der Waals surface area contributed by atoms with Crippen molar-refractivity contribution in [3.63, 3.8) is 0 Å². The maximum absolute atomic E-state index is 5.30. The molecule has 2 atom stereocenters. The number of fused-ring (bicyclic) bond motifs is 6. The van der Waals surface area contributed by atoms with Gasteiger partial charge in [0.25, 0.3) is 0 Å². The Hall–Kier alpha value is -3.50. The van der Waals surface area contributed by atoms with Crippen molar-refractivity contribution in [1.29, 1.82) is 0 Å². The topological polar surface area (TPSA) is 24.7 Å². The Morgan fingerprint density at radius 1 is 0.884 bits per heavy atom. The SMILES string of the molecule is [CH3][SnH]([CH3])[CH2]CC1C=c2ccccc2=c2ccc3c(c21)CCC(Cc1ccccc1)C=3C1=NCC2=c3c[c]ccc3=NC2=C1. The molecule has 211 valence electrons. The second-order valence-corrected chi connectivity index (χ2v) is 22.6. The first-order valence-electron chi connectivity index (χ1n) is 16.0. The van der Waals surface area contributed by atoms with Crippen LogP contribution < -0.4 is 21.0 Å². The van der Waals surface area contributed by atoms with Crippen LogP contribution in [-0.2, 0) is 12.8 Å². The molecule has 2 aliphatic heterocycles. The summed E-state index contributed by atoms with van der Waals surface area (Å²) in [7, 11) is 0. The van der Waals surface area contributed by atoms with Gasteiger partial charge < -0.3 is 0 Å². The van der Waals surface area contributed by atoms with E-state index in [9.17, 15) is 0 Å². The van der Waals surface area contributed by atoms with E-state index in [1.165, 1.54) is 53.7 Å². The van der Waals surface area contributed by atoms with Gasteiger partial charge in [-0.1, -0.05) is 12.1 Å². The van der Waals surface area contributed by atoms with E-state index in [1.807, 2.05) is 6.07 Å². The van der Waals surface area contributed by atoms with E-state index in [1.54, 1.807) is 11.1 Å². The van der Waals surface area contributed by atoms with Crippen LogP contribution in [0.25, 0.3) is 17.2 Å². The summed E-state index contributed by atoms with van der Waals surface area (Å²) in [6, 6.07) is 34.3. The van der Waals surface area contributed by atoms with Crippen LogP contribution in [0.1, 0.15) is 35.4 Å². The van der Waals surface area contributed by atoms with E-state index >= 15 is 0 Å². The van der Waals surface area contributed by atoms with Gasteiger partial charge in [0, 0.05) is 0 Å². The van der Waals surface area contributed by atoms with Gasteiger partial charge in [-0.25, -0.2) is 0 Å². The molecule has 4 aliphatic rings. The average molecular weight is 664 g/mol. The van der Waals surface area contributed by atoms with E-state index in [0.717, 1.165) is 36.0 Å². The van der Waals surface area contributed by atoms with E-state index < -0.39 is 19.8 Å². The van der Waals surface area contributed by atoms with Crippen molar-refractivity contribution < 1.29 is 0 Å². The summed E-state index contributed by atoms with van der Waals surface area (Å²) in [5.41, 5.74) is 9.46. The number of nitrogens with zero attached hydrogens (tertiary/aromatic N) is 2. The molecule has 1 radical (unpaired) electrons. The van der Waals surface area contributed by atoms with Gasteiger partial charge in [0.1, 0.15) is 0 Å². The molecule has 2 heterocycles. The van der Waals surface area contributed by atoms with Crippen molar-refractivity contribution in [3.8, 4) is 0 Å². The molecule has 0 bridgehead atoms. The van der Waals surface area contributed by atoms with Crippen LogP contribution in [0.4, 0.5) is 0 Å². The molecule has 0 fully saturated rings. The number of aliphatic imine (C=N–C) groups is 1. The molecule has 43 heavy (non-hydrogen) atoms. The second kappa shape index (κ2) is 11.2. The average Bonchev–Trinajstić information content (AvgIpc) is 3.41. The summed E-state index contributed by atoms with van der Waals surface area (Å²) in [5, 5.41) is 7.93. The number of allylic oxidation sites excluding steroid dienone is 1. The van der Waals surface area contributed by atoms with Crippen molar-refractivity contribution in [3.05, 3.63) is 151 Å². The Bertz CT molecular complexity index is 2170. The minimum absolute atomic E-state index is 0.424. The molecular formula is C40H37N2Sn. The number of rotatable bonds is 6. The third-order valence-corrected chi connectivity index (χ3v) is 14.1. The van der Waals surface area contributed by atoms with Crippen molar-refractivity contribution in [1.82, 2.24) is 0 Å². The third-order valence-electron chi connectivity index (χ3n) is 9.85. The predicted molar refractivity (Wildman–Crippen MR) is 181 cm³/mol. The Morgan fingerprint density at radius 3 is 2.60 bits per heavy atom. The number of dihydropyridines is 1. The molecule has 0 saturated heterocycles. The minimum atomic E-state index is -1.35. The number of hydrogen-bond donors (Lipinski definition) is 0. The fourth-order valence-corrected chi connectivity index (χ4v) is 10.7. The van der Waals surface area contributed by atoms with E-state index in [4.69, 9.17) is 9.98 Å². The second-order valence-electron chi connectivity index (χ2n) is 13.0. The van der Waals surface area contributed by atoms with Gasteiger partial charge in [-0.05, 0) is 18.2 Å². The standard InChI is InChI=1S/C38H30N2.2CH3.Sn.H/c1-2-25-21-26-12-6-7-13-28(26)30-18-19-32-31(37(25)30)17-16-27(20-24-10-4-3-5-11-24)38(32)36-22-35-33(23-39-36)29-14-8-9-15-34(29)40-35;;;;/h3-7,9-15,18-19,21-22,25,27H,1-2,16-17,20,23H2;2*1H3;;. The number of benzene rings is 4. The molecule has 2 nitrogen and oxygen atoms in total. The van der Waals surface area contributed by atoms with Gasteiger partial charge >= 0.3 is 232 Å². The maximum atomic E-state index is 5.30. The molecule has 0 aromatic heterocycles. The Balaban J connectivity index is 1.36. The van der Waals surface area contributed by atoms with Gasteiger partial charge in [-0.3, -0.25) is 0 Å². The zero-order valence-electron chi connectivity index (χ0n) is 25.1. The Labute approximate surface area is 260 Å². The Morgan fingerprint density at radius 2 is 1.72 bits per heavy atom. The molecule has 0 spiro atoms. The molecule has 4 aromatic rings. The van der Waals surface area contributed by atoms with Crippen LogP contribution in [-0.4, -0.2) is 32.0 Å². The van der Waals surface area contributed by atoms with Gasteiger partial charge in [-0.2, -0.15) is 0 Å². The zero-order chi connectivity index (χ0) is 28.9. The summed E-state index contributed by atoms with van der Waals surface area (Å²) in [5.74, 6) is 0.917. The van der Waals surface area contributed by atoms with E-state index in [-0.39, 0.29) is 0 Å². The zero-order valence-corrected chi connectivity index (χ0v) is 28.4. The van der Waals surface area contributed by atoms with Crippen LogP contribution in [0.3, 0.4) is 0 Å². The molecule has 0 amide bonds. The van der Waals surface area contributed by atoms with Crippen LogP contribution in [0.15, 0.2) is 107 Å². The van der Waals surface area contributed by atoms with Crippen LogP contribution in [0, 0.1) is 22.4 Å². The molecule has 2 aliphatic carbocycles. The van der Waals surface area contributed by atoms with Gasteiger partial charge in [0.05, 0.1) is 0 Å². The van der Waals surface area contributed by atoms with Gasteiger partial charge in [0.15, 0.2) is 0 Å².